The number of rotatable bonds is 4. The second-order valence-corrected chi connectivity index (χ2v) is 5.96. The van der Waals surface area contributed by atoms with Crippen molar-refractivity contribution in [1.29, 1.82) is 0 Å². The summed E-state index contributed by atoms with van der Waals surface area (Å²) >= 11 is 0. The minimum absolute atomic E-state index is 0.0615. The zero-order chi connectivity index (χ0) is 17.8. The van der Waals surface area contributed by atoms with Gasteiger partial charge in [-0.1, -0.05) is 18.2 Å². The molecule has 0 saturated heterocycles. The molecule has 1 aliphatic rings. The monoisotopic (exact) mass is 341 g/mol. The third-order valence-corrected chi connectivity index (χ3v) is 4.52. The van der Waals surface area contributed by atoms with Gasteiger partial charge in [0.2, 0.25) is 5.75 Å². The third-order valence-electron chi connectivity index (χ3n) is 4.52. The van der Waals surface area contributed by atoms with E-state index in [4.69, 9.17) is 14.2 Å². The Balaban J connectivity index is 2.04. The summed E-state index contributed by atoms with van der Waals surface area (Å²) in [6, 6.07) is 11.5. The van der Waals surface area contributed by atoms with Gasteiger partial charge in [0.25, 0.3) is 5.91 Å². The van der Waals surface area contributed by atoms with E-state index < -0.39 is 0 Å². The number of hydrogen-bond acceptors (Lipinski definition) is 4. The normalized spacial score (nSPS) is 13.6. The van der Waals surface area contributed by atoms with Crippen molar-refractivity contribution in [3.8, 4) is 17.2 Å². The topological polar surface area (TPSA) is 48.0 Å². The van der Waals surface area contributed by atoms with Crippen LogP contribution in [0.15, 0.2) is 36.4 Å². The second kappa shape index (κ2) is 7.47. The van der Waals surface area contributed by atoms with Crippen molar-refractivity contribution < 1.29 is 19.0 Å². The Morgan fingerprint density at radius 2 is 1.64 bits per heavy atom. The molecule has 0 atom stereocenters. The van der Waals surface area contributed by atoms with Crippen LogP contribution in [0.5, 0.6) is 17.2 Å². The van der Waals surface area contributed by atoms with Gasteiger partial charge < -0.3 is 19.1 Å². The Bertz CT molecular complexity index is 747. The van der Waals surface area contributed by atoms with Crippen molar-refractivity contribution in [1.82, 2.24) is 0 Å². The molecule has 2 aromatic rings. The lowest BCUT2D eigenvalue weighted by Crippen LogP contribution is -2.31. The molecule has 25 heavy (non-hydrogen) atoms. The molecule has 1 aliphatic heterocycles. The summed E-state index contributed by atoms with van der Waals surface area (Å²) in [5.74, 6) is 1.38. The van der Waals surface area contributed by atoms with E-state index in [1.165, 1.54) is 5.56 Å². The van der Waals surface area contributed by atoms with Crippen molar-refractivity contribution >= 4 is 11.6 Å². The molecule has 0 N–H and O–H groups in total. The van der Waals surface area contributed by atoms with E-state index in [0.29, 0.717) is 29.4 Å². The molecule has 0 bridgehead atoms. The predicted octanol–water partition coefficient (Wildman–Crippen LogP) is 3.70. The number of nitrogens with zero attached hydrogens (tertiary/aromatic N) is 1. The fourth-order valence-corrected chi connectivity index (χ4v) is 3.26. The van der Waals surface area contributed by atoms with Gasteiger partial charge >= 0.3 is 0 Å². The van der Waals surface area contributed by atoms with Gasteiger partial charge in [0.1, 0.15) is 0 Å². The fourth-order valence-electron chi connectivity index (χ4n) is 3.26. The Labute approximate surface area is 148 Å². The lowest BCUT2D eigenvalue weighted by Gasteiger charge is -2.24. The molecule has 0 unspecified atom stereocenters. The molecular formula is C20H23NO4. The van der Waals surface area contributed by atoms with Crippen LogP contribution in [-0.2, 0) is 6.42 Å². The van der Waals surface area contributed by atoms with Gasteiger partial charge in [0.15, 0.2) is 11.5 Å². The lowest BCUT2D eigenvalue weighted by atomic mass is 10.1. The number of methoxy groups -OCH3 is 3. The number of anilines is 1. The number of para-hydroxylation sites is 1. The first-order valence-corrected chi connectivity index (χ1v) is 8.39. The Hall–Kier alpha value is -2.69. The molecule has 2 aromatic carbocycles. The maximum absolute atomic E-state index is 13.2. The Morgan fingerprint density at radius 1 is 0.960 bits per heavy atom. The zero-order valence-electron chi connectivity index (χ0n) is 14.9. The highest BCUT2D eigenvalue weighted by atomic mass is 16.5. The number of carbonyl (C=O) groups excluding carboxylic acids is 1. The Morgan fingerprint density at radius 3 is 2.28 bits per heavy atom. The van der Waals surface area contributed by atoms with Crippen LogP contribution < -0.4 is 19.1 Å². The molecule has 0 saturated carbocycles. The van der Waals surface area contributed by atoms with Crippen LogP contribution in [0, 0.1) is 0 Å². The first-order chi connectivity index (χ1) is 12.2. The highest BCUT2D eigenvalue weighted by molar-refractivity contribution is 6.07. The molecule has 0 fully saturated rings. The number of carbonyl (C=O) groups is 1. The molecule has 1 heterocycles. The molecule has 3 rings (SSSR count). The standard InChI is InChI=1S/C20H23NO4/c1-23-17-12-15(13-18(24-2)19(17)25-3)20(22)21-11-7-6-9-14-8-4-5-10-16(14)21/h4-5,8,10,12-13H,6-7,9,11H2,1-3H3. The zero-order valence-corrected chi connectivity index (χ0v) is 14.9. The number of benzene rings is 2. The van der Waals surface area contributed by atoms with Crippen molar-refractivity contribution in [2.45, 2.75) is 19.3 Å². The summed E-state index contributed by atoms with van der Waals surface area (Å²) in [4.78, 5) is 15.1. The smallest absolute Gasteiger partial charge is 0.258 e. The lowest BCUT2D eigenvalue weighted by molar-refractivity contribution is 0.0986. The van der Waals surface area contributed by atoms with Crippen LogP contribution in [0.4, 0.5) is 5.69 Å². The van der Waals surface area contributed by atoms with Crippen LogP contribution in [-0.4, -0.2) is 33.8 Å². The summed E-state index contributed by atoms with van der Waals surface area (Å²) in [5.41, 5.74) is 2.71. The number of fused-ring (bicyclic) bond motifs is 1. The molecule has 5 heteroatoms. The summed E-state index contributed by atoms with van der Waals surface area (Å²) < 4.78 is 16.1. The van der Waals surface area contributed by atoms with Crippen LogP contribution in [0.1, 0.15) is 28.8 Å². The highest BCUT2D eigenvalue weighted by Crippen LogP contribution is 2.39. The van der Waals surface area contributed by atoms with Crippen LogP contribution in [0.2, 0.25) is 0 Å². The van der Waals surface area contributed by atoms with Gasteiger partial charge in [-0.15, -0.1) is 0 Å². The number of hydrogen-bond donors (Lipinski definition) is 0. The second-order valence-electron chi connectivity index (χ2n) is 5.96. The predicted molar refractivity (Wildman–Crippen MR) is 97.2 cm³/mol. The molecule has 0 aliphatic carbocycles. The molecule has 5 nitrogen and oxygen atoms in total. The third kappa shape index (κ3) is 3.27. The molecule has 0 aromatic heterocycles. The van der Waals surface area contributed by atoms with E-state index in [1.54, 1.807) is 33.5 Å². The van der Waals surface area contributed by atoms with E-state index in [1.807, 2.05) is 23.1 Å². The van der Waals surface area contributed by atoms with Crippen molar-refractivity contribution in [3.05, 3.63) is 47.5 Å². The van der Waals surface area contributed by atoms with Crippen LogP contribution in [0.3, 0.4) is 0 Å². The first-order valence-electron chi connectivity index (χ1n) is 8.39. The Kier molecular flexibility index (Phi) is 5.12. The summed E-state index contributed by atoms with van der Waals surface area (Å²) in [7, 11) is 4.65. The average Bonchev–Trinajstić information content (AvgIpc) is 2.88. The van der Waals surface area contributed by atoms with Gasteiger partial charge in [-0.05, 0) is 43.0 Å². The number of amides is 1. The summed E-state index contributed by atoms with van der Waals surface area (Å²) in [6.45, 7) is 0.701. The first kappa shape index (κ1) is 17.1. The minimum atomic E-state index is -0.0615. The maximum Gasteiger partial charge on any atom is 0.258 e. The molecule has 132 valence electrons. The van der Waals surface area contributed by atoms with E-state index in [2.05, 4.69) is 6.07 Å². The van der Waals surface area contributed by atoms with Gasteiger partial charge in [-0.2, -0.15) is 0 Å². The summed E-state index contributed by atoms with van der Waals surface area (Å²) in [6.07, 6.45) is 3.05. The maximum atomic E-state index is 13.2. The van der Waals surface area contributed by atoms with Crippen LogP contribution >= 0.6 is 0 Å². The van der Waals surface area contributed by atoms with E-state index in [9.17, 15) is 4.79 Å². The van der Waals surface area contributed by atoms with E-state index in [0.717, 1.165) is 24.9 Å². The summed E-state index contributed by atoms with van der Waals surface area (Å²) in [5, 5.41) is 0. The largest absolute Gasteiger partial charge is 0.493 e. The molecule has 0 spiro atoms. The quantitative estimate of drug-likeness (QED) is 0.851. The van der Waals surface area contributed by atoms with Gasteiger partial charge in [0.05, 0.1) is 21.3 Å². The average molecular weight is 341 g/mol. The van der Waals surface area contributed by atoms with Crippen molar-refractivity contribution in [2.75, 3.05) is 32.8 Å². The van der Waals surface area contributed by atoms with Crippen molar-refractivity contribution in [3.63, 3.8) is 0 Å². The fraction of sp³-hybridized carbons (Fsp3) is 0.350. The van der Waals surface area contributed by atoms with Crippen LogP contribution in [0.25, 0.3) is 0 Å². The van der Waals surface area contributed by atoms with Crippen molar-refractivity contribution in [2.24, 2.45) is 0 Å². The highest BCUT2D eigenvalue weighted by Gasteiger charge is 2.24. The number of ether oxygens (including phenoxy) is 3. The molecule has 0 radical (unpaired) electrons. The van der Waals surface area contributed by atoms with Gasteiger partial charge in [-0.25, -0.2) is 0 Å². The minimum Gasteiger partial charge on any atom is -0.493 e. The molecule has 1 amide bonds. The van der Waals surface area contributed by atoms with E-state index >= 15 is 0 Å². The van der Waals surface area contributed by atoms with Gasteiger partial charge in [0, 0.05) is 17.8 Å². The van der Waals surface area contributed by atoms with E-state index in [-0.39, 0.29) is 5.91 Å². The number of aryl methyl sites for hydroxylation is 1. The SMILES string of the molecule is COc1cc(C(=O)N2CCCCc3ccccc32)cc(OC)c1OC. The van der Waals surface area contributed by atoms with Gasteiger partial charge in [-0.3, -0.25) is 4.79 Å². The molecular weight excluding hydrogens is 318 g/mol.